The zero-order valence-corrected chi connectivity index (χ0v) is 8.30. The van der Waals surface area contributed by atoms with Crippen LogP contribution in [0.4, 0.5) is 24.8 Å². The maximum Gasteiger partial charge on any atom is 0.288 e. The number of hydrogen-bond donors (Lipinski definition) is 2. The third kappa shape index (κ3) is 2.44. The van der Waals surface area contributed by atoms with Crippen molar-refractivity contribution < 1.29 is 13.2 Å². The first-order valence-electron chi connectivity index (χ1n) is 4.53. The molecule has 0 spiro atoms. The van der Waals surface area contributed by atoms with Crippen molar-refractivity contribution in [3.63, 3.8) is 0 Å². The lowest BCUT2D eigenvalue weighted by Gasteiger charge is -2.05. The summed E-state index contributed by atoms with van der Waals surface area (Å²) in [4.78, 5) is 16.5. The van der Waals surface area contributed by atoms with E-state index in [1.165, 1.54) is 0 Å². The quantitative estimate of drug-likeness (QED) is 0.844. The van der Waals surface area contributed by atoms with Crippen molar-refractivity contribution in [2.45, 2.75) is 0 Å². The Bertz CT molecular complexity index is 612. The van der Waals surface area contributed by atoms with Crippen LogP contribution in [-0.4, -0.2) is 9.97 Å². The molecule has 0 amide bonds. The molecule has 4 nitrogen and oxygen atoms in total. The fraction of sp³-hybridized carbons (Fsp3) is 0. The summed E-state index contributed by atoms with van der Waals surface area (Å²) < 4.78 is 38.4. The Labute approximate surface area is 93.1 Å². The minimum absolute atomic E-state index is 0.0823. The number of aromatic amines is 1. The number of anilines is 2. The molecule has 7 heteroatoms. The van der Waals surface area contributed by atoms with Gasteiger partial charge >= 0.3 is 0 Å². The van der Waals surface area contributed by atoms with Gasteiger partial charge in [-0.05, 0) is 12.1 Å². The van der Waals surface area contributed by atoms with Crippen LogP contribution in [0.3, 0.4) is 0 Å². The van der Waals surface area contributed by atoms with E-state index in [2.05, 4.69) is 15.3 Å². The Morgan fingerprint density at radius 3 is 2.59 bits per heavy atom. The molecule has 2 rings (SSSR count). The van der Waals surface area contributed by atoms with Crippen LogP contribution in [0, 0.1) is 17.5 Å². The largest absolute Gasteiger partial charge is 0.323 e. The van der Waals surface area contributed by atoms with Crippen LogP contribution >= 0.6 is 0 Å². The monoisotopic (exact) mass is 241 g/mol. The van der Waals surface area contributed by atoms with Gasteiger partial charge in [0, 0.05) is 6.07 Å². The lowest BCUT2D eigenvalue weighted by molar-refractivity contribution is 0.585. The van der Waals surface area contributed by atoms with Crippen molar-refractivity contribution in [1.82, 2.24) is 9.97 Å². The number of nitrogens with one attached hydrogen (secondary N) is 2. The third-order valence-electron chi connectivity index (χ3n) is 1.94. The van der Waals surface area contributed by atoms with Gasteiger partial charge in [-0.1, -0.05) is 0 Å². The van der Waals surface area contributed by atoms with E-state index < -0.39 is 23.0 Å². The molecule has 0 radical (unpaired) electrons. The first kappa shape index (κ1) is 11.2. The van der Waals surface area contributed by atoms with Gasteiger partial charge in [0.25, 0.3) is 5.56 Å². The highest BCUT2D eigenvalue weighted by molar-refractivity contribution is 5.53. The molecular weight excluding hydrogens is 235 g/mol. The van der Waals surface area contributed by atoms with Crippen LogP contribution in [0.1, 0.15) is 0 Å². The van der Waals surface area contributed by atoms with Gasteiger partial charge in [-0.15, -0.1) is 0 Å². The van der Waals surface area contributed by atoms with Crippen molar-refractivity contribution in [2.24, 2.45) is 0 Å². The van der Waals surface area contributed by atoms with Crippen molar-refractivity contribution >= 4 is 11.6 Å². The van der Waals surface area contributed by atoms with Gasteiger partial charge in [0.05, 0.1) is 11.9 Å². The number of aromatic nitrogens is 2. The number of rotatable bonds is 2. The molecule has 2 N–H and O–H groups in total. The van der Waals surface area contributed by atoms with Crippen molar-refractivity contribution in [3.8, 4) is 0 Å². The fourth-order valence-electron chi connectivity index (χ4n) is 1.16. The minimum atomic E-state index is -1.05. The molecule has 0 aliphatic rings. The van der Waals surface area contributed by atoms with E-state index in [4.69, 9.17) is 0 Å². The number of H-pyrrole nitrogens is 1. The maximum atomic E-state index is 13.2. The molecule has 1 aromatic heterocycles. The lowest BCUT2D eigenvalue weighted by atomic mass is 10.3. The molecule has 0 saturated heterocycles. The molecular formula is C10H6F3N3O. The summed E-state index contributed by atoms with van der Waals surface area (Å²) in [5, 5.41) is 2.39. The summed E-state index contributed by atoms with van der Waals surface area (Å²) >= 11 is 0. The molecule has 0 atom stereocenters. The smallest absolute Gasteiger partial charge is 0.288 e. The van der Waals surface area contributed by atoms with E-state index in [1.807, 2.05) is 0 Å². The number of hydrogen-bond acceptors (Lipinski definition) is 3. The molecule has 0 aliphatic heterocycles. The molecule has 17 heavy (non-hydrogen) atoms. The molecule has 88 valence electrons. The average Bonchev–Trinajstić information content (AvgIpc) is 2.27. The SMILES string of the molecule is O=c1[nH]c(Nc2ccc(F)cc2F)ncc1F. The van der Waals surface area contributed by atoms with Crippen LogP contribution in [0.25, 0.3) is 0 Å². The number of nitrogens with zero attached hydrogens (tertiary/aromatic N) is 1. The van der Waals surface area contributed by atoms with Crippen LogP contribution in [0.2, 0.25) is 0 Å². The van der Waals surface area contributed by atoms with Crippen LogP contribution < -0.4 is 10.9 Å². The van der Waals surface area contributed by atoms with Crippen LogP contribution in [0.15, 0.2) is 29.2 Å². The predicted octanol–water partition coefficient (Wildman–Crippen LogP) is 1.93. The van der Waals surface area contributed by atoms with Gasteiger partial charge in [-0.2, -0.15) is 4.39 Å². The molecule has 0 saturated carbocycles. The van der Waals surface area contributed by atoms with E-state index in [0.717, 1.165) is 12.1 Å². The van der Waals surface area contributed by atoms with E-state index >= 15 is 0 Å². The second-order valence-corrected chi connectivity index (χ2v) is 3.16. The standard InChI is InChI=1S/C10H6F3N3O/c11-5-1-2-8(6(12)3-5)15-10-14-4-7(13)9(17)16-10/h1-4H,(H2,14,15,16,17). The van der Waals surface area contributed by atoms with E-state index in [9.17, 15) is 18.0 Å². The molecule has 0 bridgehead atoms. The predicted molar refractivity (Wildman–Crippen MR) is 54.5 cm³/mol. The lowest BCUT2D eigenvalue weighted by Crippen LogP contribution is -2.14. The first-order chi connectivity index (χ1) is 8.06. The normalized spacial score (nSPS) is 10.3. The van der Waals surface area contributed by atoms with Crippen LogP contribution in [-0.2, 0) is 0 Å². The summed E-state index contributed by atoms with van der Waals surface area (Å²) in [7, 11) is 0. The van der Waals surface area contributed by atoms with Gasteiger partial charge in [-0.3, -0.25) is 9.78 Å². The summed E-state index contributed by atoms with van der Waals surface area (Å²) in [5.41, 5.74) is -1.06. The van der Waals surface area contributed by atoms with Gasteiger partial charge < -0.3 is 5.32 Å². The van der Waals surface area contributed by atoms with E-state index in [1.54, 1.807) is 0 Å². The molecule has 0 unspecified atom stereocenters. The highest BCUT2D eigenvalue weighted by atomic mass is 19.1. The van der Waals surface area contributed by atoms with Crippen molar-refractivity contribution in [3.05, 3.63) is 52.2 Å². The summed E-state index contributed by atoms with van der Waals surface area (Å²) in [5.74, 6) is -2.76. The highest BCUT2D eigenvalue weighted by Crippen LogP contribution is 2.17. The average molecular weight is 241 g/mol. The van der Waals surface area contributed by atoms with Gasteiger partial charge in [0.1, 0.15) is 11.6 Å². The van der Waals surface area contributed by atoms with Crippen LogP contribution in [0.5, 0.6) is 0 Å². The van der Waals surface area contributed by atoms with E-state index in [0.29, 0.717) is 12.3 Å². The molecule has 1 aromatic carbocycles. The Balaban J connectivity index is 2.31. The molecule has 0 aliphatic carbocycles. The second-order valence-electron chi connectivity index (χ2n) is 3.16. The minimum Gasteiger partial charge on any atom is -0.323 e. The third-order valence-corrected chi connectivity index (χ3v) is 1.94. The van der Waals surface area contributed by atoms with Gasteiger partial charge in [0.15, 0.2) is 0 Å². The molecule has 2 aromatic rings. The second kappa shape index (κ2) is 4.28. The number of benzene rings is 1. The summed E-state index contributed by atoms with van der Waals surface area (Å²) in [6.07, 6.45) is 0.697. The van der Waals surface area contributed by atoms with Crippen molar-refractivity contribution in [2.75, 3.05) is 5.32 Å². The zero-order chi connectivity index (χ0) is 12.4. The molecule has 1 heterocycles. The summed E-state index contributed by atoms with van der Waals surface area (Å²) in [6, 6.07) is 2.84. The Morgan fingerprint density at radius 1 is 1.18 bits per heavy atom. The first-order valence-corrected chi connectivity index (χ1v) is 4.53. The number of halogens is 3. The zero-order valence-electron chi connectivity index (χ0n) is 8.30. The van der Waals surface area contributed by atoms with E-state index in [-0.39, 0.29) is 11.6 Å². The summed E-state index contributed by atoms with van der Waals surface area (Å²) in [6.45, 7) is 0. The topological polar surface area (TPSA) is 57.8 Å². The Kier molecular flexibility index (Phi) is 2.82. The Morgan fingerprint density at radius 2 is 1.94 bits per heavy atom. The maximum absolute atomic E-state index is 13.2. The Hall–Kier alpha value is -2.31. The van der Waals surface area contributed by atoms with Gasteiger partial charge in [0.2, 0.25) is 11.8 Å². The highest BCUT2D eigenvalue weighted by Gasteiger charge is 2.06. The van der Waals surface area contributed by atoms with Gasteiger partial charge in [-0.25, -0.2) is 13.8 Å². The fourth-order valence-corrected chi connectivity index (χ4v) is 1.16. The molecule has 0 fully saturated rings. The van der Waals surface area contributed by atoms with Crippen molar-refractivity contribution in [1.29, 1.82) is 0 Å².